The van der Waals surface area contributed by atoms with Crippen LogP contribution in [0, 0.1) is 17.3 Å². The molecule has 2 aliphatic heterocycles. The van der Waals surface area contributed by atoms with E-state index < -0.39 is 47.4 Å². The topological polar surface area (TPSA) is 193 Å². The van der Waals surface area contributed by atoms with Crippen molar-refractivity contribution in [1.82, 2.24) is 30.7 Å². The molecule has 0 spiro atoms. The molecule has 2 amide bonds. The summed E-state index contributed by atoms with van der Waals surface area (Å²) in [6, 6.07) is 12.1. The van der Waals surface area contributed by atoms with Crippen molar-refractivity contribution in [1.29, 1.82) is 0 Å². The first-order valence-corrected chi connectivity index (χ1v) is 21.4. The number of rotatable bonds is 15. The Hall–Kier alpha value is -5.32. The number of ether oxygens (including phenoxy) is 4. The lowest BCUT2D eigenvalue weighted by molar-refractivity contribution is -0.179. The van der Waals surface area contributed by atoms with Crippen LogP contribution in [0.25, 0.3) is 0 Å². The molecule has 1 saturated heterocycles. The van der Waals surface area contributed by atoms with Crippen LogP contribution in [-0.2, 0) is 57.7 Å². The summed E-state index contributed by atoms with van der Waals surface area (Å²) >= 11 is 6.36. The number of nitrogens with zero attached hydrogens (tertiary/aromatic N) is 4. The van der Waals surface area contributed by atoms with Gasteiger partial charge in [-0.3, -0.25) is 19.3 Å². The Balaban J connectivity index is 1.29. The van der Waals surface area contributed by atoms with E-state index in [0.29, 0.717) is 48.0 Å². The molecular formula is C45H59ClN6O10. The number of cyclic esters (lactones) is 2. The fourth-order valence-corrected chi connectivity index (χ4v) is 7.31. The van der Waals surface area contributed by atoms with Crippen molar-refractivity contribution in [3.05, 3.63) is 88.2 Å². The average Bonchev–Trinajstić information content (AvgIpc) is 3.90. The number of epoxide rings is 1. The third-order valence-electron chi connectivity index (χ3n) is 10.6. The van der Waals surface area contributed by atoms with Crippen LogP contribution in [0.3, 0.4) is 0 Å². The molecule has 17 heteroatoms. The van der Waals surface area contributed by atoms with Crippen molar-refractivity contribution in [3.8, 4) is 5.75 Å². The molecule has 62 heavy (non-hydrogen) atoms. The molecule has 1 fully saturated rings. The van der Waals surface area contributed by atoms with E-state index in [1.807, 2.05) is 59.0 Å². The maximum absolute atomic E-state index is 13.9. The number of esters is 2. The summed E-state index contributed by atoms with van der Waals surface area (Å²) in [5.74, 6) is -2.67. The van der Waals surface area contributed by atoms with E-state index in [1.165, 1.54) is 13.2 Å². The second-order valence-electron chi connectivity index (χ2n) is 17.1. The zero-order valence-corrected chi connectivity index (χ0v) is 37.5. The van der Waals surface area contributed by atoms with E-state index in [4.69, 9.17) is 35.4 Å². The molecule has 3 heterocycles. The van der Waals surface area contributed by atoms with Gasteiger partial charge in [0.2, 0.25) is 11.8 Å². The number of carbonyl (C=O) groups excluding carboxylic acids is 5. The number of amides is 2. The molecule has 0 unspecified atom stereocenters. The first-order valence-electron chi connectivity index (χ1n) is 21.0. The Morgan fingerprint density at radius 2 is 1.77 bits per heavy atom. The van der Waals surface area contributed by atoms with Gasteiger partial charge in [0.1, 0.15) is 29.7 Å². The standard InChI is InChI=1S/C45H59ClN6O10/c1-9-11-39(54)62-52-25-32(49-50-52)24-51(7)23-29-14-17-31(18-15-29)41-40(61-41)28(4)35-12-10-13-38(53)48-34(22-30-16-19-36(58-8)33(46)21-30)42(55)47-26-45(5,6)44(57)60-37(20-27(2)3)43(56)59-35/h10,13-19,21,25,27-28,34-35,37,40-41H,9,11-12,20,22-24,26H2,1-8H3,(H,47,55)(H,48,53)/t28-,34+,35-,37-,40+,41+/m0/s1. The van der Waals surface area contributed by atoms with Gasteiger partial charge in [-0.1, -0.05) is 80.5 Å². The van der Waals surface area contributed by atoms with E-state index >= 15 is 0 Å². The van der Waals surface area contributed by atoms with E-state index in [0.717, 1.165) is 16.0 Å². The van der Waals surface area contributed by atoms with E-state index in [9.17, 15) is 24.0 Å². The van der Waals surface area contributed by atoms with Crippen LogP contribution in [0.15, 0.2) is 60.8 Å². The number of carbonyl (C=O) groups is 5. The van der Waals surface area contributed by atoms with Gasteiger partial charge in [-0.05, 0) is 79.8 Å². The molecule has 16 nitrogen and oxygen atoms in total. The van der Waals surface area contributed by atoms with Gasteiger partial charge < -0.3 is 34.4 Å². The van der Waals surface area contributed by atoms with E-state index in [1.54, 1.807) is 44.3 Å². The number of methoxy groups -OCH3 is 1. The predicted octanol–water partition coefficient (Wildman–Crippen LogP) is 5.10. The number of benzene rings is 2. The van der Waals surface area contributed by atoms with Crippen LogP contribution >= 0.6 is 11.6 Å². The second kappa shape index (κ2) is 21.7. The SMILES string of the molecule is CCCC(=O)On1cc(CN(C)Cc2ccc([C@H]3O[C@@H]3[C@@H](C)[C@@H]3CC=CC(=O)N[C@H](Cc4ccc(OC)c(Cl)c4)C(=O)NCC(C)(C)C(=O)O[C@@H](CC(C)C)C(=O)O3)cc2)nn1. The van der Waals surface area contributed by atoms with Gasteiger partial charge in [0.15, 0.2) is 6.10 Å². The third kappa shape index (κ3) is 13.6. The van der Waals surface area contributed by atoms with Crippen molar-refractivity contribution in [2.75, 3.05) is 20.7 Å². The predicted molar refractivity (Wildman–Crippen MR) is 228 cm³/mol. The number of halogens is 1. The first-order chi connectivity index (χ1) is 29.5. The third-order valence-corrected chi connectivity index (χ3v) is 10.9. The minimum Gasteiger partial charge on any atom is -0.495 e. The molecule has 1 aromatic heterocycles. The fourth-order valence-electron chi connectivity index (χ4n) is 7.03. The molecule has 336 valence electrons. The first kappa shape index (κ1) is 47.7. The van der Waals surface area contributed by atoms with E-state index in [2.05, 4.69) is 25.8 Å². The van der Waals surface area contributed by atoms with Crippen LogP contribution in [0.1, 0.15) is 95.7 Å². The summed E-state index contributed by atoms with van der Waals surface area (Å²) in [7, 11) is 3.45. The van der Waals surface area contributed by atoms with Gasteiger partial charge in [-0.2, -0.15) is 0 Å². The molecule has 2 N–H and O–H groups in total. The maximum atomic E-state index is 13.9. The Labute approximate surface area is 367 Å². The van der Waals surface area contributed by atoms with Gasteiger partial charge in [-0.25, -0.2) is 9.59 Å². The minimum absolute atomic E-state index is 0.0168. The van der Waals surface area contributed by atoms with Crippen LogP contribution in [0.2, 0.25) is 5.02 Å². The molecule has 6 atom stereocenters. The van der Waals surface area contributed by atoms with Gasteiger partial charge in [0.05, 0.1) is 29.8 Å². The Kier molecular flexibility index (Phi) is 16.7. The monoisotopic (exact) mass is 878 g/mol. The average molecular weight is 879 g/mol. The molecule has 0 saturated carbocycles. The van der Waals surface area contributed by atoms with E-state index in [-0.39, 0.29) is 55.8 Å². The summed E-state index contributed by atoms with van der Waals surface area (Å²) < 4.78 is 23.4. The van der Waals surface area contributed by atoms with Gasteiger partial charge >= 0.3 is 17.9 Å². The number of nitrogens with one attached hydrogen (secondary N) is 2. The molecule has 3 aromatic rings. The summed E-state index contributed by atoms with van der Waals surface area (Å²) in [5, 5.41) is 13.9. The lowest BCUT2D eigenvalue weighted by Gasteiger charge is -2.29. The molecule has 0 aliphatic carbocycles. The normalized spacial score (nSPS) is 22.7. The Morgan fingerprint density at radius 1 is 1.05 bits per heavy atom. The molecule has 0 radical (unpaired) electrons. The zero-order chi connectivity index (χ0) is 45.1. The van der Waals surface area contributed by atoms with Gasteiger partial charge in [0.25, 0.3) is 0 Å². The van der Waals surface area contributed by atoms with Gasteiger partial charge in [-0.15, -0.1) is 5.10 Å². The summed E-state index contributed by atoms with van der Waals surface area (Å²) in [5.41, 5.74) is 2.11. The molecule has 2 aromatic carbocycles. The highest BCUT2D eigenvalue weighted by Gasteiger charge is 2.48. The second-order valence-corrected chi connectivity index (χ2v) is 17.5. The maximum Gasteiger partial charge on any atom is 0.347 e. The van der Waals surface area contributed by atoms with Crippen molar-refractivity contribution in [2.24, 2.45) is 17.3 Å². The lowest BCUT2D eigenvalue weighted by atomic mass is 9.92. The van der Waals surface area contributed by atoms with Crippen LogP contribution in [0.5, 0.6) is 5.75 Å². The van der Waals surface area contributed by atoms with Crippen LogP contribution < -0.4 is 20.2 Å². The minimum atomic E-state index is -1.24. The van der Waals surface area contributed by atoms with Crippen molar-refractivity contribution in [3.63, 3.8) is 0 Å². The molecule has 2 aliphatic rings. The van der Waals surface area contributed by atoms with Crippen LogP contribution in [-0.4, -0.2) is 94.8 Å². The van der Waals surface area contributed by atoms with Crippen LogP contribution in [0.4, 0.5) is 0 Å². The zero-order valence-electron chi connectivity index (χ0n) is 36.7. The quantitative estimate of drug-likeness (QED) is 0.117. The summed E-state index contributed by atoms with van der Waals surface area (Å²) in [6.07, 6.45) is 3.44. The highest BCUT2D eigenvalue weighted by molar-refractivity contribution is 6.32. The lowest BCUT2D eigenvalue weighted by Crippen LogP contribution is -2.51. The Morgan fingerprint density at radius 3 is 2.45 bits per heavy atom. The van der Waals surface area contributed by atoms with Crippen molar-refractivity contribution in [2.45, 2.75) is 117 Å². The highest BCUT2D eigenvalue weighted by atomic mass is 35.5. The summed E-state index contributed by atoms with van der Waals surface area (Å²) in [6.45, 7) is 11.8. The molecular weight excluding hydrogens is 820 g/mol. The molecule has 0 bridgehead atoms. The van der Waals surface area contributed by atoms with Gasteiger partial charge in [0, 0.05) is 44.8 Å². The molecule has 5 rings (SSSR count). The highest BCUT2D eigenvalue weighted by Crippen LogP contribution is 2.45. The van der Waals surface area contributed by atoms with Crippen molar-refractivity contribution < 1.29 is 47.8 Å². The largest absolute Gasteiger partial charge is 0.495 e. The summed E-state index contributed by atoms with van der Waals surface area (Å²) in [4.78, 5) is 74.5. The Bertz CT molecular complexity index is 2070. The smallest absolute Gasteiger partial charge is 0.347 e. The fraction of sp³-hybridized carbons (Fsp3) is 0.533. The number of aromatic nitrogens is 3. The number of hydrogen-bond acceptors (Lipinski definition) is 13. The number of hydrogen-bond donors (Lipinski definition) is 2. The van der Waals surface area contributed by atoms with Crippen molar-refractivity contribution >= 4 is 41.3 Å².